The number of allylic oxidation sites excluding steroid dienone is 2. The van der Waals surface area contributed by atoms with E-state index in [-0.39, 0.29) is 12.2 Å². The van der Waals surface area contributed by atoms with Gasteiger partial charge in [0.2, 0.25) is 5.91 Å². The maximum atomic E-state index is 12.4. The first-order valence-corrected chi connectivity index (χ1v) is 9.33. The van der Waals surface area contributed by atoms with Crippen LogP contribution in [0.15, 0.2) is 12.2 Å². The fourth-order valence-corrected chi connectivity index (χ4v) is 2.66. The molecule has 0 aromatic heterocycles. The zero-order valence-corrected chi connectivity index (χ0v) is 15.6. The van der Waals surface area contributed by atoms with E-state index in [0.717, 1.165) is 39.0 Å². The maximum Gasteiger partial charge on any atom is 0.240 e. The van der Waals surface area contributed by atoms with E-state index in [2.05, 4.69) is 13.0 Å². The summed E-state index contributed by atoms with van der Waals surface area (Å²) in [5.74, 6) is 0.522. The Kier molecular flexibility index (Phi) is 10.6. The summed E-state index contributed by atoms with van der Waals surface area (Å²) in [4.78, 5) is 14.3. The molecule has 1 amide bonds. The Morgan fingerprint density at radius 3 is 2.57 bits per heavy atom. The summed E-state index contributed by atoms with van der Waals surface area (Å²) in [6.45, 7) is 8.97. The molecule has 1 rings (SSSR count). The summed E-state index contributed by atoms with van der Waals surface area (Å²) in [7, 11) is 0. The largest absolute Gasteiger partial charge is 0.352 e. The van der Waals surface area contributed by atoms with Crippen molar-refractivity contribution in [3.63, 3.8) is 0 Å². The van der Waals surface area contributed by atoms with Crippen LogP contribution in [0.4, 0.5) is 0 Å². The molecule has 1 aliphatic rings. The number of carbonyl (C=O) groups excluding carboxylic acids is 1. The molecule has 0 radical (unpaired) electrons. The monoisotopic (exact) mass is 345 g/mol. The Morgan fingerprint density at radius 1 is 1.30 bits per heavy atom. The van der Waals surface area contributed by atoms with Gasteiger partial charge in [-0.15, -0.1) is 11.6 Å². The molecule has 0 aliphatic carbocycles. The van der Waals surface area contributed by atoms with E-state index in [1.165, 1.54) is 0 Å². The normalized spacial score (nSPS) is 23.1. The van der Waals surface area contributed by atoms with E-state index >= 15 is 0 Å². The number of halogens is 1. The number of amides is 1. The predicted octanol–water partition coefficient (Wildman–Crippen LogP) is 3.98. The molecule has 1 fully saturated rings. The van der Waals surface area contributed by atoms with Gasteiger partial charge in [-0.3, -0.25) is 4.79 Å². The Labute approximate surface area is 146 Å². The number of alkyl halides is 1. The highest BCUT2D eigenvalue weighted by Crippen LogP contribution is 2.17. The summed E-state index contributed by atoms with van der Waals surface area (Å²) in [5.41, 5.74) is 0. The third kappa shape index (κ3) is 7.69. The SMILES string of the molecule is CC=CCCCN(CCC1OCC(CC)CO1)C(=O)C(Cl)CC. The van der Waals surface area contributed by atoms with Crippen LogP contribution >= 0.6 is 11.6 Å². The third-order valence-electron chi connectivity index (χ3n) is 4.22. The van der Waals surface area contributed by atoms with Crippen molar-refractivity contribution in [2.75, 3.05) is 26.3 Å². The van der Waals surface area contributed by atoms with Gasteiger partial charge in [-0.1, -0.05) is 26.0 Å². The van der Waals surface area contributed by atoms with E-state index in [4.69, 9.17) is 21.1 Å². The van der Waals surface area contributed by atoms with Crippen molar-refractivity contribution in [1.82, 2.24) is 4.90 Å². The van der Waals surface area contributed by atoms with Crippen LogP contribution in [0.2, 0.25) is 0 Å². The van der Waals surface area contributed by atoms with Crippen molar-refractivity contribution >= 4 is 17.5 Å². The fraction of sp³-hybridized carbons (Fsp3) is 0.833. The molecule has 0 aromatic carbocycles. The second-order valence-corrected chi connectivity index (χ2v) is 6.60. The lowest BCUT2D eigenvalue weighted by atomic mass is 10.1. The maximum absolute atomic E-state index is 12.4. The van der Waals surface area contributed by atoms with Crippen molar-refractivity contribution in [3.05, 3.63) is 12.2 Å². The van der Waals surface area contributed by atoms with Crippen LogP contribution in [0.5, 0.6) is 0 Å². The van der Waals surface area contributed by atoms with Crippen LogP contribution in [-0.4, -0.2) is 48.8 Å². The van der Waals surface area contributed by atoms with Crippen molar-refractivity contribution in [3.8, 4) is 0 Å². The van der Waals surface area contributed by atoms with Crippen LogP contribution < -0.4 is 0 Å². The minimum atomic E-state index is -0.436. The van der Waals surface area contributed by atoms with Gasteiger partial charge >= 0.3 is 0 Å². The summed E-state index contributed by atoms with van der Waals surface area (Å²) in [6.07, 6.45) is 8.34. The second kappa shape index (κ2) is 11.9. The average Bonchev–Trinajstić information content (AvgIpc) is 2.60. The molecule has 0 bridgehead atoms. The molecule has 1 saturated heterocycles. The standard InChI is InChI=1S/C18H32ClNO3/c1-4-7-8-9-11-20(18(21)16(19)6-3)12-10-17-22-13-15(5-2)14-23-17/h4,7,15-17H,5-6,8-14H2,1-3H3. The number of hydrogen-bond acceptors (Lipinski definition) is 3. The highest BCUT2D eigenvalue weighted by Gasteiger charge is 2.24. The minimum Gasteiger partial charge on any atom is -0.352 e. The molecular weight excluding hydrogens is 314 g/mol. The molecular formula is C18H32ClNO3. The number of unbranched alkanes of at least 4 members (excludes halogenated alkanes) is 1. The molecule has 0 spiro atoms. The molecule has 0 aromatic rings. The van der Waals surface area contributed by atoms with Crippen LogP contribution in [-0.2, 0) is 14.3 Å². The van der Waals surface area contributed by atoms with E-state index in [9.17, 15) is 4.79 Å². The van der Waals surface area contributed by atoms with Gasteiger partial charge in [-0.2, -0.15) is 0 Å². The summed E-state index contributed by atoms with van der Waals surface area (Å²) < 4.78 is 11.5. The smallest absolute Gasteiger partial charge is 0.240 e. The number of hydrogen-bond donors (Lipinski definition) is 0. The molecule has 1 unspecified atom stereocenters. The molecule has 1 heterocycles. The minimum absolute atomic E-state index is 0.0249. The van der Waals surface area contributed by atoms with Crippen LogP contribution in [0, 0.1) is 5.92 Å². The van der Waals surface area contributed by atoms with Crippen molar-refractivity contribution in [2.24, 2.45) is 5.92 Å². The quantitative estimate of drug-likeness (QED) is 0.341. The van der Waals surface area contributed by atoms with E-state index < -0.39 is 5.38 Å². The van der Waals surface area contributed by atoms with E-state index in [0.29, 0.717) is 25.3 Å². The topological polar surface area (TPSA) is 38.8 Å². The molecule has 0 N–H and O–H groups in total. The average molecular weight is 346 g/mol. The first-order valence-electron chi connectivity index (χ1n) is 8.89. The summed E-state index contributed by atoms with van der Waals surface area (Å²) in [5, 5.41) is -0.436. The van der Waals surface area contributed by atoms with Gasteiger partial charge in [-0.25, -0.2) is 0 Å². The summed E-state index contributed by atoms with van der Waals surface area (Å²) in [6, 6.07) is 0. The second-order valence-electron chi connectivity index (χ2n) is 6.07. The van der Waals surface area contributed by atoms with Gasteiger partial charge in [0.1, 0.15) is 5.38 Å². The van der Waals surface area contributed by atoms with E-state index in [1.54, 1.807) is 0 Å². The van der Waals surface area contributed by atoms with Crippen LogP contribution in [0.25, 0.3) is 0 Å². The van der Waals surface area contributed by atoms with Gasteiger partial charge in [0, 0.05) is 25.4 Å². The summed E-state index contributed by atoms with van der Waals surface area (Å²) >= 11 is 6.14. The lowest BCUT2D eigenvalue weighted by molar-refractivity contribution is -0.204. The number of nitrogens with zero attached hydrogens (tertiary/aromatic N) is 1. The number of ether oxygens (including phenoxy) is 2. The zero-order valence-electron chi connectivity index (χ0n) is 14.8. The Hall–Kier alpha value is -0.580. The van der Waals surface area contributed by atoms with Crippen LogP contribution in [0.3, 0.4) is 0 Å². The lowest BCUT2D eigenvalue weighted by Crippen LogP contribution is -2.41. The molecule has 1 aliphatic heterocycles. The van der Waals surface area contributed by atoms with Gasteiger partial charge in [0.05, 0.1) is 13.2 Å². The lowest BCUT2D eigenvalue weighted by Gasteiger charge is -2.31. The van der Waals surface area contributed by atoms with Crippen LogP contribution in [0.1, 0.15) is 52.9 Å². The highest BCUT2D eigenvalue weighted by atomic mass is 35.5. The Balaban J connectivity index is 2.43. The number of carbonyl (C=O) groups is 1. The van der Waals surface area contributed by atoms with Crippen molar-refractivity contribution < 1.29 is 14.3 Å². The first kappa shape index (κ1) is 20.5. The molecule has 1 atom stereocenters. The highest BCUT2D eigenvalue weighted by molar-refractivity contribution is 6.30. The van der Waals surface area contributed by atoms with E-state index in [1.807, 2.05) is 24.8 Å². The zero-order chi connectivity index (χ0) is 17.1. The molecule has 0 saturated carbocycles. The fourth-order valence-electron chi connectivity index (χ4n) is 2.52. The molecule has 23 heavy (non-hydrogen) atoms. The van der Waals surface area contributed by atoms with Crippen molar-refractivity contribution in [2.45, 2.75) is 64.5 Å². The molecule has 5 heteroatoms. The van der Waals surface area contributed by atoms with Gasteiger partial charge in [-0.05, 0) is 32.6 Å². The third-order valence-corrected chi connectivity index (χ3v) is 4.72. The first-order chi connectivity index (χ1) is 11.1. The Bertz CT molecular complexity index is 354. The van der Waals surface area contributed by atoms with Crippen molar-refractivity contribution in [1.29, 1.82) is 0 Å². The molecule has 4 nitrogen and oxygen atoms in total. The van der Waals surface area contributed by atoms with Gasteiger partial charge in [0.15, 0.2) is 6.29 Å². The molecule has 134 valence electrons. The number of rotatable bonds is 10. The Morgan fingerprint density at radius 2 is 2.00 bits per heavy atom. The predicted molar refractivity (Wildman–Crippen MR) is 94.7 cm³/mol. The van der Waals surface area contributed by atoms with Gasteiger partial charge in [0.25, 0.3) is 0 Å². The van der Waals surface area contributed by atoms with Gasteiger partial charge < -0.3 is 14.4 Å².